The lowest BCUT2D eigenvalue weighted by molar-refractivity contribution is -0.166. The molecule has 31 heavy (non-hydrogen) atoms. The minimum absolute atomic E-state index is 0.0552. The smallest absolute Gasteiger partial charge is 0.303 e. The predicted octanol–water partition coefficient (Wildman–Crippen LogP) is 1.93. The second-order valence-corrected chi connectivity index (χ2v) is 7.26. The number of ether oxygens (including phenoxy) is 4. The van der Waals surface area contributed by atoms with Crippen LogP contribution in [-0.2, 0) is 33.3 Å². The summed E-state index contributed by atoms with van der Waals surface area (Å²) in [5.74, 6) is -1.92. The highest BCUT2D eigenvalue weighted by Crippen LogP contribution is 2.38. The van der Waals surface area contributed by atoms with E-state index in [1.165, 1.54) is 31.5 Å². The fourth-order valence-corrected chi connectivity index (χ4v) is 3.75. The normalized spacial score (nSPS) is 22.7. The van der Waals surface area contributed by atoms with Crippen LogP contribution in [0.15, 0.2) is 6.20 Å². The number of halogens is 2. The first-order valence-electron chi connectivity index (χ1n) is 8.89. The summed E-state index contributed by atoms with van der Waals surface area (Å²) in [5.41, 5.74) is 0.257. The van der Waals surface area contributed by atoms with Gasteiger partial charge in [-0.05, 0) is 11.6 Å². The lowest BCUT2D eigenvalue weighted by atomic mass is 10.1. The second-order valence-electron chi connectivity index (χ2n) is 6.56. The van der Waals surface area contributed by atoms with Gasteiger partial charge in [0.15, 0.2) is 18.4 Å². The molecular weight excluding hydrogens is 455 g/mol. The number of hydrogen-bond donors (Lipinski definition) is 0. The minimum Gasteiger partial charge on any atom is -0.463 e. The molecule has 3 heterocycles. The molecule has 1 saturated heterocycles. The summed E-state index contributed by atoms with van der Waals surface area (Å²) in [4.78, 5) is 42.7. The van der Waals surface area contributed by atoms with Gasteiger partial charge in [-0.2, -0.15) is 10.2 Å². The van der Waals surface area contributed by atoms with Crippen molar-refractivity contribution in [3.05, 3.63) is 22.2 Å². The Kier molecular flexibility index (Phi) is 6.64. The van der Waals surface area contributed by atoms with E-state index >= 15 is 0 Å². The van der Waals surface area contributed by atoms with Crippen LogP contribution in [0.5, 0.6) is 0 Å². The molecule has 0 spiro atoms. The molecular formula is C18H16Cl2N4O7. The maximum Gasteiger partial charge on any atom is 0.303 e. The number of rotatable bonds is 5. The van der Waals surface area contributed by atoms with Gasteiger partial charge in [-0.1, -0.05) is 11.6 Å². The minimum atomic E-state index is -1.16. The van der Waals surface area contributed by atoms with Gasteiger partial charge in [0.2, 0.25) is 5.28 Å². The number of aromatic nitrogens is 3. The van der Waals surface area contributed by atoms with Crippen LogP contribution < -0.4 is 0 Å². The fourth-order valence-electron chi connectivity index (χ4n) is 3.28. The van der Waals surface area contributed by atoms with E-state index in [0.717, 1.165) is 0 Å². The van der Waals surface area contributed by atoms with Crippen molar-refractivity contribution in [3.8, 4) is 6.07 Å². The highest BCUT2D eigenvalue weighted by Gasteiger charge is 2.51. The maximum atomic E-state index is 11.8. The van der Waals surface area contributed by atoms with E-state index in [4.69, 9.17) is 42.1 Å². The number of nitriles is 1. The molecule has 4 atom stereocenters. The van der Waals surface area contributed by atoms with Crippen LogP contribution in [0.25, 0.3) is 11.0 Å². The number of fused-ring (bicyclic) bond motifs is 1. The van der Waals surface area contributed by atoms with E-state index in [9.17, 15) is 19.6 Å². The topological polar surface area (TPSA) is 143 Å². The standard InChI is InChI=1S/C18H16Cl2N4O7/c1-7(25)28-6-11-13(29-8(2)26)14(30-9(3)27)17(31-11)24-5-10(4-21)12-15(19)22-18(20)23-16(12)24/h5,11,13-14,17H,6H2,1-3H3. The van der Waals surface area contributed by atoms with Crippen LogP contribution >= 0.6 is 23.2 Å². The quantitative estimate of drug-likeness (QED) is 0.275. The number of carbonyl (C=O) groups excluding carboxylic acids is 3. The first-order chi connectivity index (χ1) is 14.6. The van der Waals surface area contributed by atoms with Crippen molar-refractivity contribution < 1.29 is 33.3 Å². The highest BCUT2D eigenvalue weighted by atomic mass is 35.5. The van der Waals surface area contributed by atoms with Crippen LogP contribution in [0.3, 0.4) is 0 Å². The van der Waals surface area contributed by atoms with Crippen molar-refractivity contribution in [2.75, 3.05) is 6.61 Å². The Bertz CT molecular complexity index is 1100. The van der Waals surface area contributed by atoms with Crippen molar-refractivity contribution >= 4 is 52.1 Å². The van der Waals surface area contributed by atoms with Crippen molar-refractivity contribution in [3.63, 3.8) is 0 Å². The van der Waals surface area contributed by atoms with E-state index in [-0.39, 0.29) is 33.6 Å². The van der Waals surface area contributed by atoms with Gasteiger partial charge in [0.05, 0.1) is 10.9 Å². The predicted molar refractivity (Wildman–Crippen MR) is 104 cm³/mol. The third-order valence-corrected chi connectivity index (χ3v) is 4.78. The van der Waals surface area contributed by atoms with Gasteiger partial charge in [-0.3, -0.25) is 14.4 Å². The van der Waals surface area contributed by atoms with Gasteiger partial charge in [-0.25, -0.2) is 4.98 Å². The monoisotopic (exact) mass is 470 g/mol. The van der Waals surface area contributed by atoms with Gasteiger partial charge >= 0.3 is 17.9 Å². The molecule has 2 aromatic rings. The molecule has 1 fully saturated rings. The van der Waals surface area contributed by atoms with Gasteiger partial charge < -0.3 is 23.5 Å². The van der Waals surface area contributed by atoms with Crippen LogP contribution in [0.2, 0.25) is 10.4 Å². The second kappa shape index (κ2) is 9.05. The third kappa shape index (κ3) is 4.71. The molecule has 1 aliphatic rings. The van der Waals surface area contributed by atoms with Crippen LogP contribution in [-0.4, -0.2) is 57.4 Å². The number of hydrogen-bond acceptors (Lipinski definition) is 10. The zero-order valence-corrected chi connectivity index (χ0v) is 18.0. The van der Waals surface area contributed by atoms with E-state index in [2.05, 4.69) is 9.97 Å². The van der Waals surface area contributed by atoms with Gasteiger partial charge in [0, 0.05) is 27.0 Å². The molecule has 3 rings (SSSR count). The summed E-state index contributed by atoms with van der Waals surface area (Å²) in [6, 6.07) is 1.98. The van der Waals surface area contributed by atoms with Gasteiger partial charge in [0.1, 0.15) is 29.6 Å². The van der Waals surface area contributed by atoms with E-state index in [1.54, 1.807) is 0 Å². The largest absolute Gasteiger partial charge is 0.463 e. The molecule has 0 aromatic carbocycles. The molecule has 4 unspecified atom stereocenters. The van der Waals surface area contributed by atoms with Crippen LogP contribution in [0.4, 0.5) is 0 Å². The Balaban J connectivity index is 2.13. The van der Waals surface area contributed by atoms with Crippen molar-refractivity contribution in [1.29, 1.82) is 5.26 Å². The van der Waals surface area contributed by atoms with Crippen LogP contribution in [0, 0.1) is 11.3 Å². The summed E-state index contributed by atoms with van der Waals surface area (Å²) in [5, 5.41) is 9.48. The SMILES string of the molecule is CC(=O)OCC1OC(n2cc(C#N)c3c(Cl)nc(Cl)nc32)C(OC(C)=O)C1OC(C)=O. The summed E-state index contributed by atoms with van der Waals surface area (Å²) in [6.07, 6.45) is -2.97. The Labute approximate surface area is 185 Å². The van der Waals surface area contributed by atoms with Gasteiger partial charge in [0.25, 0.3) is 0 Å². The molecule has 164 valence electrons. The average Bonchev–Trinajstić information content (AvgIpc) is 3.18. The Morgan fingerprint density at radius 2 is 1.77 bits per heavy atom. The Morgan fingerprint density at radius 3 is 2.35 bits per heavy atom. The lowest BCUT2D eigenvalue weighted by Crippen LogP contribution is -2.40. The first kappa shape index (κ1) is 22.7. The summed E-state index contributed by atoms with van der Waals surface area (Å²) >= 11 is 12.1. The summed E-state index contributed by atoms with van der Waals surface area (Å²) in [7, 11) is 0. The number of carbonyl (C=O) groups is 3. The average molecular weight is 471 g/mol. The van der Waals surface area contributed by atoms with Gasteiger partial charge in [-0.15, -0.1) is 0 Å². The molecule has 0 amide bonds. The maximum absolute atomic E-state index is 11.8. The molecule has 2 aromatic heterocycles. The molecule has 0 bridgehead atoms. The van der Waals surface area contributed by atoms with Crippen molar-refractivity contribution in [1.82, 2.24) is 14.5 Å². The van der Waals surface area contributed by atoms with E-state index in [0.29, 0.717) is 0 Å². The molecule has 0 aliphatic carbocycles. The summed E-state index contributed by atoms with van der Waals surface area (Å²) in [6.45, 7) is 3.27. The Hall–Kier alpha value is -2.94. The van der Waals surface area contributed by atoms with E-state index in [1.807, 2.05) is 6.07 Å². The first-order valence-corrected chi connectivity index (χ1v) is 9.65. The zero-order valence-electron chi connectivity index (χ0n) is 16.5. The Morgan fingerprint density at radius 1 is 1.13 bits per heavy atom. The van der Waals surface area contributed by atoms with E-state index < -0.39 is 42.4 Å². The van der Waals surface area contributed by atoms with Crippen molar-refractivity contribution in [2.45, 2.75) is 45.3 Å². The molecule has 1 aliphatic heterocycles. The number of nitrogens with zero attached hydrogens (tertiary/aromatic N) is 4. The third-order valence-electron chi connectivity index (χ3n) is 4.34. The molecule has 0 N–H and O–H groups in total. The van der Waals surface area contributed by atoms with Crippen molar-refractivity contribution in [2.24, 2.45) is 0 Å². The lowest BCUT2D eigenvalue weighted by Gasteiger charge is -2.24. The fraction of sp³-hybridized carbons (Fsp3) is 0.444. The molecule has 13 heteroatoms. The molecule has 0 saturated carbocycles. The number of esters is 3. The summed E-state index contributed by atoms with van der Waals surface area (Å²) < 4.78 is 23.0. The highest BCUT2D eigenvalue weighted by molar-refractivity contribution is 6.36. The van der Waals surface area contributed by atoms with Crippen LogP contribution in [0.1, 0.15) is 32.6 Å². The zero-order chi connectivity index (χ0) is 22.9. The molecule has 11 nitrogen and oxygen atoms in total. The molecule has 0 radical (unpaired) electrons.